The van der Waals surface area contributed by atoms with Crippen molar-refractivity contribution >= 4 is 42.2 Å². The first-order valence-electron chi connectivity index (χ1n) is 13.5. The van der Waals surface area contributed by atoms with Crippen LogP contribution in [-0.4, -0.2) is 99.9 Å². The Hall–Kier alpha value is -4.44. The van der Waals surface area contributed by atoms with Gasteiger partial charge in [0.2, 0.25) is 5.91 Å². The quantitative estimate of drug-likeness (QED) is 0.180. The maximum atomic E-state index is 13.3. The average molecular weight is 618 g/mol. The Labute approximate surface area is 252 Å². The largest absolute Gasteiger partial charge is 0.508 e. The number of nitro groups is 2. The van der Waals surface area contributed by atoms with Gasteiger partial charge in [0.25, 0.3) is 11.4 Å². The Bertz CT molecular complexity index is 1320. The summed E-state index contributed by atoms with van der Waals surface area (Å²) in [4.78, 5) is 63.7. The molecule has 0 aliphatic carbocycles. The smallest absolute Gasteiger partial charge is 0.445 e. The number of amides is 2. The molecule has 2 aliphatic rings. The van der Waals surface area contributed by atoms with E-state index >= 15 is 0 Å². The Kier molecular flexibility index (Phi) is 10.7. The molecule has 2 aromatic carbocycles. The number of carbonyl (C=O) groups excluding carboxylic acids is 3. The number of non-ortho nitro benzene ring substituents is 2. The normalized spacial score (nSPS) is 18.6. The summed E-state index contributed by atoms with van der Waals surface area (Å²) in [7, 11) is 0. The van der Waals surface area contributed by atoms with Crippen LogP contribution in [0.15, 0.2) is 48.5 Å². The third-order valence-electron chi connectivity index (χ3n) is 7.12. The number of nitrogens with zero attached hydrogens (tertiary/aromatic N) is 5. The van der Waals surface area contributed by atoms with Crippen LogP contribution in [0.1, 0.15) is 17.5 Å². The van der Waals surface area contributed by atoms with Crippen LogP contribution in [0.4, 0.5) is 21.0 Å². The van der Waals surface area contributed by atoms with Crippen LogP contribution in [0.2, 0.25) is 0 Å². The highest BCUT2D eigenvalue weighted by Gasteiger charge is 2.41. The Balaban J connectivity index is 1.16. The third kappa shape index (κ3) is 8.78. The first-order chi connectivity index (χ1) is 20.6. The number of nitro benzene ring substituents is 2. The molecule has 2 amide bonds. The van der Waals surface area contributed by atoms with Crippen LogP contribution in [0.5, 0.6) is 0 Å². The molecule has 230 valence electrons. The molecule has 16 heteroatoms. The molecule has 0 aromatic heterocycles. The zero-order valence-corrected chi connectivity index (χ0v) is 24.0. The van der Waals surface area contributed by atoms with Gasteiger partial charge in [0, 0.05) is 68.8 Å². The van der Waals surface area contributed by atoms with Gasteiger partial charge in [-0.15, -0.1) is 0 Å². The van der Waals surface area contributed by atoms with Gasteiger partial charge in [-0.1, -0.05) is 0 Å². The van der Waals surface area contributed by atoms with Gasteiger partial charge < -0.3 is 19.1 Å². The Morgan fingerprint density at radius 3 is 1.88 bits per heavy atom. The molecule has 2 saturated heterocycles. The molecule has 0 spiro atoms. The number of ether oxygens (including phenoxy) is 3. The van der Waals surface area contributed by atoms with E-state index in [2.05, 4.69) is 12.6 Å². The predicted molar refractivity (Wildman–Crippen MR) is 153 cm³/mol. The number of likely N-dealkylation sites (tertiary alicyclic amines) is 1. The van der Waals surface area contributed by atoms with Crippen molar-refractivity contribution < 1.29 is 38.4 Å². The van der Waals surface area contributed by atoms with E-state index in [9.17, 15) is 34.6 Å². The molecule has 0 N–H and O–H groups in total. The first-order valence-corrected chi connectivity index (χ1v) is 14.0. The van der Waals surface area contributed by atoms with E-state index in [0.29, 0.717) is 50.3 Å². The molecule has 0 radical (unpaired) electrons. The monoisotopic (exact) mass is 617 g/mol. The van der Waals surface area contributed by atoms with E-state index in [1.54, 1.807) is 4.90 Å². The number of thiol groups is 1. The lowest BCUT2D eigenvalue weighted by molar-refractivity contribution is -0.385. The fourth-order valence-corrected chi connectivity index (χ4v) is 5.13. The van der Waals surface area contributed by atoms with Crippen LogP contribution in [0.3, 0.4) is 0 Å². The molecule has 2 aromatic rings. The van der Waals surface area contributed by atoms with E-state index in [4.69, 9.17) is 14.2 Å². The second kappa shape index (κ2) is 14.6. The van der Waals surface area contributed by atoms with Gasteiger partial charge in [0.15, 0.2) is 0 Å². The Morgan fingerprint density at radius 2 is 1.35 bits per heavy atom. The zero-order chi connectivity index (χ0) is 30.9. The highest BCUT2D eigenvalue weighted by Crippen LogP contribution is 2.25. The average Bonchev–Trinajstić information content (AvgIpc) is 3.40. The maximum absolute atomic E-state index is 13.3. The highest BCUT2D eigenvalue weighted by atomic mass is 32.1. The van der Waals surface area contributed by atoms with Gasteiger partial charge in [-0.25, -0.2) is 9.59 Å². The number of rotatable bonds is 10. The lowest BCUT2D eigenvalue weighted by atomic mass is 10.1. The molecular formula is C27H31N5O10S. The van der Waals surface area contributed by atoms with Gasteiger partial charge in [0.1, 0.15) is 25.9 Å². The fourth-order valence-electron chi connectivity index (χ4n) is 4.75. The summed E-state index contributed by atoms with van der Waals surface area (Å²) < 4.78 is 15.6. The summed E-state index contributed by atoms with van der Waals surface area (Å²) in [5.74, 6) is -0.186. The number of benzene rings is 2. The van der Waals surface area contributed by atoms with E-state index < -0.39 is 28.1 Å². The fraction of sp³-hybridized carbons (Fsp3) is 0.444. The van der Waals surface area contributed by atoms with E-state index in [1.165, 1.54) is 53.4 Å². The van der Waals surface area contributed by atoms with Gasteiger partial charge >= 0.3 is 12.2 Å². The van der Waals surface area contributed by atoms with Crippen molar-refractivity contribution in [3.8, 4) is 0 Å². The van der Waals surface area contributed by atoms with E-state index in [-0.39, 0.29) is 48.9 Å². The van der Waals surface area contributed by atoms with Crippen LogP contribution >= 0.6 is 12.6 Å². The minimum Gasteiger partial charge on any atom is -0.445 e. The molecule has 0 bridgehead atoms. The maximum Gasteiger partial charge on any atom is 0.508 e. The number of hydrogen-bond acceptors (Lipinski definition) is 12. The van der Waals surface area contributed by atoms with Crippen molar-refractivity contribution in [3.63, 3.8) is 0 Å². The van der Waals surface area contributed by atoms with Crippen molar-refractivity contribution in [2.75, 3.05) is 45.9 Å². The number of carbonyl (C=O) groups is 3. The minimum absolute atomic E-state index is 0.0565. The molecule has 15 nitrogen and oxygen atoms in total. The summed E-state index contributed by atoms with van der Waals surface area (Å²) in [5, 5.41) is 21.4. The SMILES string of the molecule is O=C(OCCN1CCN(C(=O)C2CC(S)CN2C(=O)OCc2ccc([N+](=O)[O-])cc2)CC1)OCc1ccc([N+](=O)[O-])cc1. The van der Waals surface area contributed by atoms with Gasteiger partial charge in [-0.3, -0.25) is 34.8 Å². The summed E-state index contributed by atoms with van der Waals surface area (Å²) in [6, 6.07) is 10.6. The second-order valence-corrected chi connectivity index (χ2v) is 10.7. The summed E-state index contributed by atoms with van der Waals surface area (Å²) in [6.07, 6.45) is -1.11. The van der Waals surface area contributed by atoms with Crippen molar-refractivity contribution in [2.24, 2.45) is 0 Å². The van der Waals surface area contributed by atoms with Crippen LogP contribution in [0.25, 0.3) is 0 Å². The molecule has 0 saturated carbocycles. The first kappa shape index (κ1) is 31.5. The molecule has 2 unspecified atom stereocenters. The van der Waals surface area contributed by atoms with Crippen molar-refractivity contribution in [1.29, 1.82) is 0 Å². The minimum atomic E-state index is -0.852. The van der Waals surface area contributed by atoms with Gasteiger partial charge in [-0.2, -0.15) is 12.6 Å². The zero-order valence-electron chi connectivity index (χ0n) is 23.1. The molecule has 2 fully saturated rings. The third-order valence-corrected chi connectivity index (χ3v) is 7.50. The predicted octanol–water partition coefficient (Wildman–Crippen LogP) is 3.01. The Morgan fingerprint density at radius 1 is 0.814 bits per heavy atom. The van der Waals surface area contributed by atoms with E-state index in [1.807, 2.05) is 4.90 Å². The second-order valence-electron chi connectivity index (χ2n) is 10.0. The summed E-state index contributed by atoms with van der Waals surface area (Å²) in [6.45, 7) is 2.60. The van der Waals surface area contributed by atoms with Crippen LogP contribution in [0, 0.1) is 20.2 Å². The van der Waals surface area contributed by atoms with Crippen molar-refractivity contribution in [1.82, 2.24) is 14.7 Å². The van der Waals surface area contributed by atoms with Crippen molar-refractivity contribution in [3.05, 3.63) is 79.9 Å². The number of piperazine rings is 1. The standard InChI is InChI=1S/C27H31N5O10S/c33-25(24-15-23(43)16-30(24)26(34)41-17-19-1-5-21(6-2-19)31(36)37)29-11-9-28(10-12-29)13-14-40-27(35)42-18-20-3-7-22(8-4-20)32(38)39/h1-8,23-24,43H,9-18H2. The van der Waals surface area contributed by atoms with Crippen molar-refractivity contribution in [2.45, 2.75) is 30.9 Å². The van der Waals surface area contributed by atoms with E-state index in [0.717, 1.165) is 0 Å². The molecular weight excluding hydrogens is 586 g/mol. The molecule has 2 aliphatic heterocycles. The summed E-state index contributed by atoms with van der Waals surface area (Å²) in [5.41, 5.74) is 1.05. The highest BCUT2D eigenvalue weighted by molar-refractivity contribution is 7.81. The van der Waals surface area contributed by atoms with Crippen LogP contribution < -0.4 is 0 Å². The van der Waals surface area contributed by atoms with Crippen LogP contribution in [-0.2, 0) is 32.2 Å². The molecule has 2 atom stereocenters. The number of hydrogen-bond donors (Lipinski definition) is 1. The topological polar surface area (TPSA) is 175 Å². The van der Waals surface area contributed by atoms with Gasteiger partial charge in [-0.05, 0) is 41.8 Å². The molecule has 2 heterocycles. The lowest BCUT2D eigenvalue weighted by Gasteiger charge is -2.37. The summed E-state index contributed by atoms with van der Waals surface area (Å²) >= 11 is 4.48. The molecule has 4 rings (SSSR count). The molecule has 43 heavy (non-hydrogen) atoms. The lowest BCUT2D eigenvalue weighted by Crippen LogP contribution is -2.54. The van der Waals surface area contributed by atoms with Gasteiger partial charge in [0.05, 0.1) is 9.85 Å².